The highest BCUT2D eigenvalue weighted by Gasteiger charge is 2.28. The Morgan fingerprint density at radius 1 is 1.38 bits per heavy atom. The monoisotopic (exact) mass is 349 g/mol. The first kappa shape index (κ1) is 17.8. The molecule has 0 aromatic heterocycles. The number of benzene rings is 1. The number of carbonyl (C=O) groups excluding carboxylic acids is 1. The average molecular weight is 350 g/mol. The number of halogens is 1. The van der Waals surface area contributed by atoms with Crippen molar-refractivity contribution in [3.8, 4) is 0 Å². The summed E-state index contributed by atoms with van der Waals surface area (Å²) in [5, 5.41) is -0.00955. The van der Waals surface area contributed by atoms with Gasteiger partial charge in [-0.2, -0.15) is 0 Å². The number of carbonyl (C=O) groups is 1. The van der Waals surface area contributed by atoms with Crippen molar-refractivity contribution in [1.82, 2.24) is 4.72 Å². The van der Waals surface area contributed by atoms with Gasteiger partial charge in [0.05, 0.1) is 10.4 Å². The molecule has 21 heavy (non-hydrogen) atoms. The predicted octanol–water partition coefficient (Wildman–Crippen LogP) is 0.764. The summed E-state index contributed by atoms with van der Waals surface area (Å²) in [6.45, 7) is 2.93. The summed E-state index contributed by atoms with van der Waals surface area (Å²) in [6, 6.07) is 4.14. The fourth-order valence-corrected chi connectivity index (χ4v) is 3.19. The Labute approximate surface area is 133 Å². The molecule has 0 saturated carbocycles. The second-order valence-electron chi connectivity index (χ2n) is 5.08. The van der Waals surface area contributed by atoms with E-state index >= 15 is 0 Å². The smallest absolute Gasteiger partial charge is 0.242 e. The van der Waals surface area contributed by atoms with E-state index in [0.717, 1.165) is 0 Å². The molecule has 0 aliphatic rings. The molecular weight excluding hydrogens is 334 g/mol. The Morgan fingerprint density at radius 2 is 1.95 bits per heavy atom. The highest BCUT2D eigenvalue weighted by molar-refractivity contribution is 7.89. The zero-order valence-electron chi connectivity index (χ0n) is 11.5. The van der Waals surface area contributed by atoms with Gasteiger partial charge in [0.1, 0.15) is 9.88 Å². The number of rotatable bonds is 6. The van der Waals surface area contributed by atoms with Gasteiger partial charge in [-0.25, -0.2) is 13.1 Å². The maximum absolute atomic E-state index is 12.2. The zero-order valence-corrected chi connectivity index (χ0v) is 13.9. The molecule has 0 heterocycles. The van der Waals surface area contributed by atoms with E-state index in [1.807, 2.05) is 0 Å². The molecule has 0 spiro atoms. The van der Waals surface area contributed by atoms with E-state index in [2.05, 4.69) is 4.72 Å². The Morgan fingerprint density at radius 3 is 2.38 bits per heavy atom. The molecule has 0 fully saturated rings. The van der Waals surface area contributed by atoms with Crippen molar-refractivity contribution < 1.29 is 13.2 Å². The molecule has 1 rings (SSSR count). The van der Waals surface area contributed by atoms with Gasteiger partial charge in [0.15, 0.2) is 0 Å². The minimum Gasteiger partial charge on any atom is -0.389 e. The van der Waals surface area contributed by atoms with Crippen LogP contribution in [0.3, 0.4) is 0 Å². The maximum Gasteiger partial charge on any atom is 0.242 e. The lowest BCUT2D eigenvalue weighted by Crippen LogP contribution is -2.42. The summed E-state index contributed by atoms with van der Waals surface area (Å²) >= 11 is 10.7. The van der Waals surface area contributed by atoms with E-state index in [1.54, 1.807) is 0 Å². The summed E-state index contributed by atoms with van der Waals surface area (Å²) in [6.07, 6.45) is 0. The standard InChI is InChI=1S/C12H16ClN3O3S2/c1-12(2,11(15)17)6-16-21(18,19)9-4-3-7(10(14)20)5-8(9)13/h3-5,16H,6H2,1-2H3,(H2,14,20)(H2,15,17). The first-order valence-electron chi connectivity index (χ1n) is 5.86. The van der Waals surface area contributed by atoms with Gasteiger partial charge in [-0.3, -0.25) is 4.79 Å². The van der Waals surface area contributed by atoms with Crippen molar-refractivity contribution in [1.29, 1.82) is 0 Å². The first-order chi connectivity index (χ1) is 9.47. The largest absolute Gasteiger partial charge is 0.389 e. The quantitative estimate of drug-likeness (QED) is 0.656. The number of nitrogens with one attached hydrogen (secondary N) is 1. The Kier molecular flexibility index (Phi) is 5.32. The molecule has 0 aliphatic heterocycles. The molecule has 116 valence electrons. The van der Waals surface area contributed by atoms with Gasteiger partial charge in [0.2, 0.25) is 15.9 Å². The topological polar surface area (TPSA) is 115 Å². The molecule has 0 radical (unpaired) electrons. The van der Waals surface area contributed by atoms with E-state index in [4.69, 9.17) is 35.3 Å². The fraction of sp³-hybridized carbons (Fsp3) is 0.333. The molecule has 0 saturated heterocycles. The Balaban J connectivity index is 3.04. The van der Waals surface area contributed by atoms with Gasteiger partial charge in [-0.05, 0) is 26.0 Å². The van der Waals surface area contributed by atoms with Crippen LogP contribution in [-0.4, -0.2) is 25.9 Å². The van der Waals surface area contributed by atoms with Crippen LogP contribution in [-0.2, 0) is 14.8 Å². The minimum absolute atomic E-state index is 0.00955. The van der Waals surface area contributed by atoms with Crippen LogP contribution in [0.15, 0.2) is 23.1 Å². The van der Waals surface area contributed by atoms with Gasteiger partial charge in [0.25, 0.3) is 0 Å². The molecule has 1 aromatic carbocycles. The van der Waals surface area contributed by atoms with Crippen molar-refractivity contribution in [2.24, 2.45) is 16.9 Å². The van der Waals surface area contributed by atoms with Crippen LogP contribution < -0.4 is 16.2 Å². The van der Waals surface area contributed by atoms with Crippen molar-refractivity contribution in [3.63, 3.8) is 0 Å². The maximum atomic E-state index is 12.2. The van der Waals surface area contributed by atoms with Gasteiger partial charge in [-0.15, -0.1) is 0 Å². The van der Waals surface area contributed by atoms with E-state index in [9.17, 15) is 13.2 Å². The normalized spacial score (nSPS) is 12.1. The van der Waals surface area contributed by atoms with Crippen molar-refractivity contribution in [2.75, 3.05) is 6.54 Å². The fourth-order valence-electron chi connectivity index (χ4n) is 1.31. The summed E-state index contributed by atoms with van der Waals surface area (Å²) in [5.41, 5.74) is 10.1. The third-order valence-corrected chi connectivity index (χ3v) is 5.00. The van der Waals surface area contributed by atoms with Gasteiger partial charge in [-0.1, -0.05) is 29.9 Å². The second-order valence-corrected chi connectivity index (χ2v) is 7.66. The summed E-state index contributed by atoms with van der Waals surface area (Å²) in [5.74, 6) is -0.611. The van der Waals surface area contributed by atoms with Crippen LogP contribution in [0, 0.1) is 5.41 Å². The van der Waals surface area contributed by atoms with E-state index < -0.39 is 21.3 Å². The van der Waals surface area contributed by atoms with Crippen LogP contribution in [0.2, 0.25) is 5.02 Å². The van der Waals surface area contributed by atoms with Crippen LogP contribution in [0.1, 0.15) is 19.4 Å². The lowest BCUT2D eigenvalue weighted by molar-refractivity contribution is -0.125. The van der Waals surface area contributed by atoms with Crippen molar-refractivity contribution in [2.45, 2.75) is 18.7 Å². The lowest BCUT2D eigenvalue weighted by atomic mass is 9.93. The molecule has 5 N–H and O–H groups in total. The third kappa shape index (κ3) is 4.37. The molecule has 1 aromatic rings. The van der Waals surface area contributed by atoms with Crippen molar-refractivity contribution in [3.05, 3.63) is 28.8 Å². The average Bonchev–Trinajstić information content (AvgIpc) is 2.36. The Hall–Kier alpha value is -1.22. The molecule has 9 heteroatoms. The highest BCUT2D eigenvalue weighted by atomic mass is 35.5. The SMILES string of the molecule is CC(C)(CNS(=O)(=O)c1ccc(C(N)=S)cc1Cl)C(N)=O. The molecule has 0 bridgehead atoms. The number of hydrogen-bond acceptors (Lipinski definition) is 4. The van der Waals surface area contributed by atoms with Gasteiger partial charge < -0.3 is 11.5 Å². The van der Waals surface area contributed by atoms with E-state index in [0.29, 0.717) is 5.56 Å². The van der Waals surface area contributed by atoms with Crippen molar-refractivity contribution >= 4 is 44.7 Å². The minimum atomic E-state index is -3.87. The van der Waals surface area contributed by atoms with Crippen LogP contribution >= 0.6 is 23.8 Å². The molecular formula is C12H16ClN3O3S2. The third-order valence-electron chi connectivity index (χ3n) is 2.88. The van der Waals surface area contributed by atoms with Crippen LogP contribution in [0.4, 0.5) is 0 Å². The summed E-state index contributed by atoms with van der Waals surface area (Å²) < 4.78 is 26.7. The first-order valence-corrected chi connectivity index (χ1v) is 8.13. The van der Waals surface area contributed by atoms with E-state index in [-0.39, 0.29) is 21.5 Å². The Bertz CT molecular complexity index is 687. The van der Waals surface area contributed by atoms with Gasteiger partial charge >= 0.3 is 0 Å². The van der Waals surface area contributed by atoms with Crippen LogP contribution in [0.5, 0.6) is 0 Å². The lowest BCUT2D eigenvalue weighted by Gasteiger charge is -2.21. The van der Waals surface area contributed by atoms with Gasteiger partial charge in [0, 0.05) is 12.1 Å². The molecule has 0 unspecified atom stereocenters. The number of thiocarbonyl (C=S) groups is 1. The number of amides is 1. The molecule has 6 nitrogen and oxygen atoms in total. The number of nitrogens with two attached hydrogens (primary N) is 2. The molecule has 0 aliphatic carbocycles. The zero-order chi connectivity index (χ0) is 16.4. The number of primary amides is 1. The summed E-state index contributed by atoms with van der Waals surface area (Å²) in [7, 11) is -3.87. The highest BCUT2D eigenvalue weighted by Crippen LogP contribution is 2.23. The molecule has 0 atom stereocenters. The number of hydrogen-bond donors (Lipinski definition) is 3. The molecule has 1 amide bonds. The number of sulfonamides is 1. The van der Waals surface area contributed by atoms with E-state index in [1.165, 1.54) is 32.0 Å². The summed E-state index contributed by atoms with van der Waals surface area (Å²) in [4.78, 5) is 11.2. The predicted molar refractivity (Wildman–Crippen MR) is 85.5 cm³/mol. The van der Waals surface area contributed by atoms with Crippen LogP contribution in [0.25, 0.3) is 0 Å². The second kappa shape index (κ2) is 6.27.